The third-order valence-electron chi connectivity index (χ3n) is 5.97. The maximum Gasteiger partial charge on any atom is 0.320 e. The van der Waals surface area contributed by atoms with Gasteiger partial charge >= 0.3 is 6.01 Å². The largest absolute Gasteiger partial charge is 0.463 e. The number of hydrogen-bond acceptors (Lipinski definition) is 7. The smallest absolute Gasteiger partial charge is 0.320 e. The Kier molecular flexibility index (Phi) is 8.69. The molecule has 0 atom stereocenters. The van der Waals surface area contributed by atoms with Crippen LogP contribution in [0.4, 0.5) is 11.6 Å². The van der Waals surface area contributed by atoms with Crippen molar-refractivity contribution in [3.63, 3.8) is 0 Å². The number of rotatable bonds is 12. The van der Waals surface area contributed by atoms with Crippen molar-refractivity contribution in [1.82, 2.24) is 19.8 Å². The zero-order valence-corrected chi connectivity index (χ0v) is 18.7. The Balaban J connectivity index is 1.42. The van der Waals surface area contributed by atoms with Crippen LogP contribution in [0.2, 0.25) is 0 Å². The second kappa shape index (κ2) is 11.5. The van der Waals surface area contributed by atoms with E-state index in [1.54, 1.807) is 4.90 Å². The maximum absolute atomic E-state index is 12.5. The zero-order valence-electron chi connectivity index (χ0n) is 18.7. The van der Waals surface area contributed by atoms with Gasteiger partial charge in [-0.25, -0.2) is 0 Å². The van der Waals surface area contributed by atoms with E-state index >= 15 is 0 Å². The highest BCUT2D eigenvalue weighted by Gasteiger charge is 2.31. The van der Waals surface area contributed by atoms with Gasteiger partial charge in [0.05, 0.1) is 13.0 Å². The summed E-state index contributed by atoms with van der Waals surface area (Å²) in [5, 5.41) is 0. The first-order valence-electron chi connectivity index (χ1n) is 11.7. The van der Waals surface area contributed by atoms with E-state index in [0.717, 1.165) is 37.8 Å². The molecule has 0 aliphatic carbocycles. The number of nitrogens with zero attached hydrogens (tertiary/aromatic N) is 5. The Labute approximate surface area is 180 Å². The average Bonchev–Trinajstić information content (AvgIpc) is 3.05. The molecule has 0 spiro atoms. The van der Waals surface area contributed by atoms with Crippen LogP contribution in [-0.2, 0) is 11.2 Å². The van der Waals surface area contributed by atoms with Crippen molar-refractivity contribution in [2.24, 2.45) is 0 Å². The summed E-state index contributed by atoms with van der Waals surface area (Å²) in [6.45, 7) is 12.7. The van der Waals surface area contributed by atoms with Crippen LogP contribution < -0.4 is 15.4 Å². The van der Waals surface area contributed by atoms with Crippen molar-refractivity contribution in [2.45, 2.75) is 58.8 Å². The number of piperazine rings is 1. The van der Waals surface area contributed by atoms with Crippen LogP contribution in [0.25, 0.3) is 0 Å². The summed E-state index contributed by atoms with van der Waals surface area (Å²) < 4.78 is 5.62. The van der Waals surface area contributed by atoms with Crippen molar-refractivity contribution in [2.75, 3.05) is 63.1 Å². The fourth-order valence-electron chi connectivity index (χ4n) is 4.16. The summed E-state index contributed by atoms with van der Waals surface area (Å²) in [7, 11) is 0. The molecule has 0 aromatic carbocycles. The summed E-state index contributed by atoms with van der Waals surface area (Å²) in [4.78, 5) is 28.1. The van der Waals surface area contributed by atoms with Crippen LogP contribution in [-0.4, -0.2) is 78.1 Å². The average molecular weight is 419 g/mol. The predicted octanol–water partition coefficient (Wildman–Crippen LogP) is 2.32. The maximum atomic E-state index is 12.5. The van der Waals surface area contributed by atoms with Gasteiger partial charge in [0, 0.05) is 38.3 Å². The minimum atomic E-state index is 0.0590. The molecule has 168 valence electrons. The van der Waals surface area contributed by atoms with Gasteiger partial charge in [-0.2, -0.15) is 9.97 Å². The van der Waals surface area contributed by atoms with Crippen LogP contribution in [0, 0.1) is 0 Å². The lowest BCUT2D eigenvalue weighted by Crippen LogP contribution is -2.46. The fraction of sp³-hybridized carbons (Fsp3) is 0.773. The lowest BCUT2D eigenvalue weighted by atomic mass is 10.2. The van der Waals surface area contributed by atoms with Gasteiger partial charge in [-0.15, -0.1) is 0 Å². The van der Waals surface area contributed by atoms with E-state index < -0.39 is 0 Å². The van der Waals surface area contributed by atoms with Crippen LogP contribution in [0.3, 0.4) is 0 Å². The molecule has 1 amide bonds. The zero-order chi connectivity index (χ0) is 21.3. The van der Waals surface area contributed by atoms with Crippen molar-refractivity contribution in [3.8, 4) is 6.01 Å². The van der Waals surface area contributed by atoms with E-state index in [4.69, 9.17) is 10.5 Å². The van der Waals surface area contributed by atoms with E-state index in [1.807, 2.05) is 0 Å². The summed E-state index contributed by atoms with van der Waals surface area (Å²) in [5.74, 6) is 1.07. The summed E-state index contributed by atoms with van der Waals surface area (Å²) in [6, 6.07) is 0.279. The second-order valence-electron chi connectivity index (χ2n) is 8.36. The number of ether oxygens (including phenoxy) is 1. The second-order valence-corrected chi connectivity index (χ2v) is 8.36. The summed E-state index contributed by atoms with van der Waals surface area (Å²) in [5.41, 5.74) is 6.81. The van der Waals surface area contributed by atoms with Crippen molar-refractivity contribution in [1.29, 1.82) is 0 Å². The third kappa shape index (κ3) is 6.04. The molecule has 2 N–H and O–H groups in total. The molecule has 3 heterocycles. The van der Waals surface area contributed by atoms with Gasteiger partial charge in [-0.3, -0.25) is 9.69 Å². The molecule has 1 aromatic rings. The highest BCUT2D eigenvalue weighted by Crippen LogP contribution is 2.32. The number of nitrogens with two attached hydrogens (primary N) is 1. The Bertz CT molecular complexity index is 690. The first kappa shape index (κ1) is 22.7. The first-order valence-corrected chi connectivity index (χ1v) is 11.7. The van der Waals surface area contributed by atoms with Gasteiger partial charge in [-0.05, 0) is 38.8 Å². The molecule has 1 aromatic heterocycles. The molecule has 0 radical (unpaired) electrons. The number of hydrogen-bond donors (Lipinski definition) is 1. The molecule has 3 rings (SSSR count). The number of anilines is 2. The SMILES string of the molecule is CCCCOc1nc(N)c2c(n1)N(CCCCCN1CCN(CCC)CC1)C(=O)C2. The highest BCUT2D eigenvalue weighted by atomic mass is 16.5. The summed E-state index contributed by atoms with van der Waals surface area (Å²) in [6.07, 6.45) is 6.75. The lowest BCUT2D eigenvalue weighted by Gasteiger charge is -2.34. The molecular weight excluding hydrogens is 380 g/mol. The third-order valence-corrected chi connectivity index (χ3v) is 5.97. The Hall–Kier alpha value is -1.93. The van der Waals surface area contributed by atoms with E-state index in [9.17, 15) is 4.79 Å². The van der Waals surface area contributed by atoms with Crippen molar-refractivity contribution in [3.05, 3.63) is 5.56 Å². The minimum absolute atomic E-state index is 0.0590. The quantitative estimate of drug-likeness (QED) is 0.521. The van der Waals surface area contributed by atoms with E-state index in [2.05, 4.69) is 33.6 Å². The molecule has 2 aliphatic rings. The number of carbonyl (C=O) groups excluding carboxylic acids is 1. The number of carbonyl (C=O) groups is 1. The standard InChI is InChI=1S/C22H38N6O2/c1-3-5-16-30-22-24-20(23)18-17-19(29)28(21(18)25-22)11-8-6-7-10-27-14-12-26(9-4-2)13-15-27/h3-17H2,1-2H3,(H2,23,24,25). The van der Waals surface area contributed by atoms with Gasteiger partial charge in [0.25, 0.3) is 0 Å². The molecule has 2 aliphatic heterocycles. The lowest BCUT2D eigenvalue weighted by molar-refractivity contribution is -0.117. The molecule has 0 unspecified atom stereocenters. The van der Waals surface area contributed by atoms with Crippen LogP contribution in [0.15, 0.2) is 0 Å². The molecular formula is C22H38N6O2. The number of fused-ring (bicyclic) bond motifs is 1. The monoisotopic (exact) mass is 418 g/mol. The molecule has 8 heteroatoms. The highest BCUT2D eigenvalue weighted by molar-refractivity contribution is 6.01. The number of unbranched alkanes of at least 4 members (excludes halogenated alkanes) is 3. The van der Waals surface area contributed by atoms with Gasteiger partial charge in [0.15, 0.2) is 0 Å². The molecule has 0 bridgehead atoms. The van der Waals surface area contributed by atoms with E-state index in [0.29, 0.717) is 31.2 Å². The minimum Gasteiger partial charge on any atom is -0.463 e. The van der Waals surface area contributed by atoms with Gasteiger partial charge < -0.3 is 20.3 Å². The topological polar surface area (TPSA) is 87.8 Å². The predicted molar refractivity (Wildman–Crippen MR) is 120 cm³/mol. The van der Waals surface area contributed by atoms with Crippen LogP contribution >= 0.6 is 0 Å². The van der Waals surface area contributed by atoms with Crippen LogP contribution in [0.1, 0.15) is 57.9 Å². The van der Waals surface area contributed by atoms with Crippen molar-refractivity contribution >= 4 is 17.5 Å². The van der Waals surface area contributed by atoms with E-state index in [-0.39, 0.29) is 11.9 Å². The fourth-order valence-corrected chi connectivity index (χ4v) is 4.16. The summed E-state index contributed by atoms with van der Waals surface area (Å²) >= 11 is 0. The Morgan fingerprint density at radius 1 is 0.900 bits per heavy atom. The number of amides is 1. The Morgan fingerprint density at radius 3 is 2.30 bits per heavy atom. The molecule has 1 saturated heterocycles. The molecule has 0 saturated carbocycles. The van der Waals surface area contributed by atoms with Gasteiger partial charge in [0.2, 0.25) is 5.91 Å². The molecule has 30 heavy (non-hydrogen) atoms. The molecule has 8 nitrogen and oxygen atoms in total. The molecule has 1 fully saturated rings. The van der Waals surface area contributed by atoms with E-state index in [1.165, 1.54) is 45.6 Å². The Morgan fingerprint density at radius 2 is 1.60 bits per heavy atom. The number of aromatic nitrogens is 2. The number of nitrogen functional groups attached to an aromatic ring is 1. The van der Waals surface area contributed by atoms with Gasteiger partial charge in [-0.1, -0.05) is 26.7 Å². The van der Waals surface area contributed by atoms with Gasteiger partial charge in [0.1, 0.15) is 11.6 Å². The first-order chi connectivity index (χ1) is 14.6. The normalized spacial score (nSPS) is 17.5. The van der Waals surface area contributed by atoms with Crippen molar-refractivity contribution < 1.29 is 9.53 Å². The van der Waals surface area contributed by atoms with Crippen LogP contribution in [0.5, 0.6) is 6.01 Å².